The average Bonchev–Trinajstić information content (AvgIpc) is 3.01. The molecule has 132 valence electrons. The van der Waals surface area contributed by atoms with Crippen LogP contribution in [0.1, 0.15) is 21.6 Å². The van der Waals surface area contributed by atoms with E-state index in [1.165, 1.54) is 42.6 Å². The van der Waals surface area contributed by atoms with Crippen molar-refractivity contribution in [1.29, 1.82) is 0 Å². The van der Waals surface area contributed by atoms with Gasteiger partial charge in [-0.1, -0.05) is 12.1 Å². The SMILES string of the molecule is O=C(NCc1ccc(F)cc1)c1n[nH]n(/N=C/c2ccc(O)cc2)c1=O. The number of phenols is 1. The van der Waals surface area contributed by atoms with E-state index in [1.54, 1.807) is 12.1 Å². The second kappa shape index (κ2) is 7.43. The molecule has 8 nitrogen and oxygen atoms in total. The number of benzene rings is 2. The van der Waals surface area contributed by atoms with Gasteiger partial charge >= 0.3 is 5.56 Å². The Morgan fingerprint density at radius 3 is 2.62 bits per heavy atom. The van der Waals surface area contributed by atoms with Gasteiger partial charge in [0.15, 0.2) is 0 Å². The molecule has 0 saturated heterocycles. The van der Waals surface area contributed by atoms with Gasteiger partial charge in [0, 0.05) is 6.54 Å². The van der Waals surface area contributed by atoms with Crippen LogP contribution in [0.3, 0.4) is 0 Å². The summed E-state index contributed by atoms with van der Waals surface area (Å²) >= 11 is 0. The van der Waals surface area contributed by atoms with Crippen LogP contribution in [0.2, 0.25) is 0 Å². The van der Waals surface area contributed by atoms with Gasteiger partial charge in [-0.25, -0.2) is 4.39 Å². The largest absolute Gasteiger partial charge is 0.508 e. The fraction of sp³-hybridized carbons (Fsp3) is 0.0588. The monoisotopic (exact) mass is 355 g/mol. The number of nitrogens with zero attached hydrogens (tertiary/aromatic N) is 3. The maximum Gasteiger partial charge on any atom is 0.320 e. The van der Waals surface area contributed by atoms with Crippen LogP contribution in [0.4, 0.5) is 4.39 Å². The predicted octanol–water partition coefficient (Wildman–Crippen LogP) is 1.23. The van der Waals surface area contributed by atoms with Crippen molar-refractivity contribution >= 4 is 12.1 Å². The third-order valence-corrected chi connectivity index (χ3v) is 3.45. The van der Waals surface area contributed by atoms with Crippen LogP contribution in [0, 0.1) is 5.82 Å². The fourth-order valence-corrected chi connectivity index (χ4v) is 2.07. The Labute approximate surface area is 146 Å². The van der Waals surface area contributed by atoms with Crippen LogP contribution in [-0.2, 0) is 6.54 Å². The van der Waals surface area contributed by atoms with E-state index in [1.807, 2.05) is 0 Å². The topological polar surface area (TPSA) is 112 Å². The minimum Gasteiger partial charge on any atom is -0.508 e. The van der Waals surface area contributed by atoms with Gasteiger partial charge in [-0.05, 0) is 47.5 Å². The average molecular weight is 355 g/mol. The van der Waals surface area contributed by atoms with Crippen molar-refractivity contribution in [3.8, 4) is 5.75 Å². The Morgan fingerprint density at radius 2 is 1.92 bits per heavy atom. The van der Waals surface area contributed by atoms with Crippen molar-refractivity contribution < 1.29 is 14.3 Å². The number of aromatic nitrogens is 3. The number of hydrogen-bond acceptors (Lipinski definition) is 5. The summed E-state index contributed by atoms with van der Waals surface area (Å²) in [6, 6.07) is 11.8. The van der Waals surface area contributed by atoms with Crippen molar-refractivity contribution in [1.82, 2.24) is 20.4 Å². The second-order valence-corrected chi connectivity index (χ2v) is 5.32. The summed E-state index contributed by atoms with van der Waals surface area (Å²) in [4.78, 5) is 25.0. The van der Waals surface area contributed by atoms with E-state index in [4.69, 9.17) is 0 Å². The lowest BCUT2D eigenvalue weighted by Crippen LogP contribution is -2.29. The van der Waals surface area contributed by atoms with Crippen molar-refractivity contribution in [3.05, 3.63) is 81.5 Å². The Hall–Kier alpha value is -3.75. The first-order valence-electron chi connectivity index (χ1n) is 7.56. The van der Waals surface area contributed by atoms with Crippen molar-refractivity contribution in [2.45, 2.75) is 6.54 Å². The lowest BCUT2D eigenvalue weighted by molar-refractivity contribution is 0.0944. The van der Waals surface area contributed by atoms with E-state index >= 15 is 0 Å². The molecule has 0 fully saturated rings. The summed E-state index contributed by atoms with van der Waals surface area (Å²) in [6.07, 6.45) is 1.37. The highest BCUT2D eigenvalue weighted by molar-refractivity contribution is 5.91. The molecule has 0 aliphatic heterocycles. The molecule has 0 unspecified atom stereocenters. The molecule has 26 heavy (non-hydrogen) atoms. The van der Waals surface area contributed by atoms with E-state index in [0.29, 0.717) is 11.1 Å². The summed E-state index contributed by atoms with van der Waals surface area (Å²) in [5.74, 6) is -0.933. The lowest BCUT2D eigenvalue weighted by atomic mass is 10.2. The maximum atomic E-state index is 12.8. The normalized spacial score (nSPS) is 11.0. The quantitative estimate of drug-likeness (QED) is 0.598. The molecule has 0 spiro atoms. The summed E-state index contributed by atoms with van der Waals surface area (Å²) in [7, 11) is 0. The van der Waals surface area contributed by atoms with Crippen LogP contribution in [0.5, 0.6) is 5.75 Å². The molecular weight excluding hydrogens is 341 g/mol. The molecule has 0 aliphatic rings. The maximum absolute atomic E-state index is 12.8. The number of amides is 1. The molecule has 0 saturated carbocycles. The van der Waals surface area contributed by atoms with Crippen LogP contribution >= 0.6 is 0 Å². The van der Waals surface area contributed by atoms with Crippen LogP contribution < -0.4 is 10.9 Å². The van der Waals surface area contributed by atoms with Crippen molar-refractivity contribution in [2.75, 3.05) is 0 Å². The molecule has 0 bridgehead atoms. The van der Waals surface area contributed by atoms with E-state index < -0.39 is 11.5 Å². The minimum absolute atomic E-state index is 0.112. The Kier molecular flexibility index (Phi) is 4.88. The fourth-order valence-electron chi connectivity index (χ4n) is 2.07. The Balaban J connectivity index is 1.67. The number of H-pyrrole nitrogens is 1. The number of carbonyl (C=O) groups is 1. The number of phenolic OH excluding ortho intramolecular Hbond substituents is 1. The number of rotatable bonds is 5. The first-order valence-corrected chi connectivity index (χ1v) is 7.56. The molecular formula is C17H14FN5O3. The highest BCUT2D eigenvalue weighted by Crippen LogP contribution is 2.07. The van der Waals surface area contributed by atoms with Gasteiger partial charge in [0.1, 0.15) is 11.6 Å². The van der Waals surface area contributed by atoms with Gasteiger partial charge in [0.25, 0.3) is 5.91 Å². The van der Waals surface area contributed by atoms with Crippen molar-refractivity contribution in [3.63, 3.8) is 0 Å². The minimum atomic E-state index is -0.711. The number of halogens is 1. The molecule has 2 aromatic carbocycles. The highest BCUT2D eigenvalue weighted by Gasteiger charge is 2.16. The van der Waals surface area contributed by atoms with E-state index in [0.717, 1.165) is 4.79 Å². The standard InChI is InChI=1S/C17H14FN5O3/c18-13-5-1-11(2-6-13)9-19-16(25)15-17(26)23(22-21-15)20-10-12-3-7-14(24)8-4-12/h1-8,10,22,24H,9H2,(H,19,25)/b20-10+. The molecule has 0 radical (unpaired) electrons. The molecule has 1 amide bonds. The summed E-state index contributed by atoms with van der Waals surface area (Å²) in [6.45, 7) is 0.127. The van der Waals surface area contributed by atoms with Gasteiger partial charge in [0.2, 0.25) is 5.69 Å². The summed E-state index contributed by atoms with van der Waals surface area (Å²) in [5.41, 5.74) is 0.277. The van der Waals surface area contributed by atoms with E-state index in [2.05, 4.69) is 20.7 Å². The second-order valence-electron chi connectivity index (χ2n) is 5.32. The highest BCUT2D eigenvalue weighted by atomic mass is 19.1. The number of carbonyl (C=O) groups excluding carboxylic acids is 1. The molecule has 1 aromatic heterocycles. The van der Waals surface area contributed by atoms with Crippen LogP contribution in [0.15, 0.2) is 58.4 Å². The van der Waals surface area contributed by atoms with Gasteiger partial charge < -0.3 is 10.4 Å². The van der Waals surface area contributed by atoms with Gasteiger partial charge in [-0.2, -0.15) is 10.3 Å². The number of aromatic amines is 1. The lowest BCUT2D eigenvalue weighted by Gasteiger charge is -2.02. The smallest absolute Gasteiger partial charge is 0.320 e. The predicted molar refractivity (Wildman–Crippen MR) is 91.5 cm³/mol. The van der Waals surface area contributed by atoms with Crippen LogP contribution in [-0.4, -0.2) is 32.3 Å². The summed E-state index contributed by atoms with van der Waals surface area (Å²) in [5, 5.41) is 21.7. The first-order chi connectivity index (χ1) is 12.5. The summed E-state index contributed by atoms with van der Waals surface area (Å²) < 4.78 is 12.8. The molecule has 3 N–H and O–H groups in total. The van der Waals surface area contributed by atoms with E-state index in [-0.39, 0.29) is 23.8 Å². The molecule has 0 atom stereocenters. The zero-order chi connectivity index (χ0) is 18.5. The molecule has 1 heterocycles. The molecule has 3 aromatic rings. The number of hydrogen-bond donors (Lipinski definition) is 3. The van der Waals surface area contributed by atoms with Crippen LogP contribution in [0.25, 0.3) is 0 Å². The first kappa shape index (κ1) is 17.1. The van der Waals surface area contributed by atoms with Crippen molar-refractivity contribution in [2.24, 2.45) is 5.10 Å². The zero-order valence-electron chi connectivity index (χ0n) is 13.4. The third kappa shape index (κ3) is 4.01. The Bertz CT molecular complexity index is 990. The van der Waals surface area contributed by atoms with Gasteiger partial charge in [0.05, 0.1) is 6.21 Å². The van der Waals surface area contributed by atoms with E-state index in [9.17, 15) is 19.1 Å². The third-order valence-electron chi connectivity index (χ3n) is 3.45. The Morgan fingerprint density at radius 1 is 1.23 bits per heavy atom. The molecule has 9 heteroatoms. The zero-order valence-corrected chi connectivity index (χ0v) is 13.4. The number of aromatic hydroxyl groups is 1. The van der Waals surface area contributed by atoms with Gasteiger partial charge in [-0.3, -0.25) is 9.59 Å². The number of nitrogens with one attached hydrogen (secondary N) is 2. The molecule has 0 aliphatic carbocycles. The van der Waals surface area contributed by atoms with Gasteiger partial charge in [-0.15, -0.1) is 9.89 Å². The molecule has 3 rings (SSSR count).